The van der Waals surface area contributed by atoms with Gasteiger partial charge in [-0.1, -0.05) is 54.4 Å². The molecule has 0 spiro atoms. The standard InChI is InChI=1S/C32H47N3O4S/c1-11-32(8,9)35(29(37)26(16-17-40-10)34-30(38)39-31(5,6)7)27(24-19-21(2)18-22(3)20-24)28(36)33-25-15-13-12-14-23(25)4/h12-15,18-20,26-27H,11,16-17H2,1-10H3,(H,33,36)(H,34,38). The second-order valence-electron chi connectivity index (χ2n) is 12.0. The average Bonchev–Trinajstić information content (AvgIpc) is 2.84. The minimum Gasteiger partial charge on any atom is -0.444 e. The Bertz CT molecular complexity index is 1170. The van der Waals surface area contributed by atoms with Gasteiger partial charge in [-0.15, -0.1) is 0 Å². The number of alkyl carbamates (subject to hydrolysis) is 1. The van der Waals surface area contributed by atoms with Gasteiger partial charge in [0.1, 0.15) is 17.7 Å². The van der Waals surface area contributed by atoms with Crippen molar-refractivity contribution in [3.8, 4) is 0 Å². The zero-order valence-corrected chi connectivity index (χ0v) is 26.6. The molecule has 0 radical (unpaired) electrons. The number of nitrogens with one attached hydrogen (secondary N) is 2. The van der Waals surface area contributed by atoms with Gasteiger partial charge in [0.25, 0.3) is 5.91 Å². The third-order valence-corrected chi connectivity index (χ3v) is 7.47. The van der Waals surface area contributed by atoms with Crippen molar-refractivity contribution < 1.29 is 19.1 Å². The molecule has 2 N–H and O–H groups in total. The number of rotatable bonds is 11. The van der Waals surface area contributed by atoms with Crippen molar-refractivity contribution in [2.45, 2.75) is 98.4 Å². The monoisotopic (exact) mass is 569 g/mol. The van der Waals surface area contributed by atoms with E-state index in [1.54, 1.807) is 37.4 Å². The van der Waals surface area contributed by atoms with Gasteiger partial charge in [-0.3, -0.25) is 9.59 Å². The van der Waals surface area contributed by atoms with E-state index >= 15 is 0 Å². The van der Waals surface area contributed by atoms with Gasteiger partial charge in [0, 0.05) is 11.2 Å². The number of carbonyl (C=O) groups is 3. The van der Waals surface area contributed by atoms with Gasteiger partial charge in [-0.25, -0.2) is 4.79 Å². The Morgan fingerprint density at radius 3 is 2.10 bits per heavy atom. The van der Waals surface area contributed by atoms with E-state index in [-0.39, 0.29) is 11.8 Å². The number of benzene rings is 2. The smallest absolute Gasteiger partial charge is 0.408 e. The van der Waals surface area contributed by atoms with Gasteiger partial charge < -0.3 is 20.3 Å². The average molecular weight is 570 g/mol. The molecule has 2 aromatic carbocycles. The molecule has 2 unspecified atom stereocenters. The highest BCUT2D eigenvalue weighted by Gasteiger charge is 2.43. The summed E-state index contributed by atoms with van der Waals surface area (Å²) in [5, 5.41) is 5.90. The first-order valence-corrected chi connectivity index (χ1v) is 15.2. The van der Waals surface area contributed by atoms with Gasteiger partial charge in [-0.2, -0.15) is 11.8 Å². The molecule has 0 bridgehead atoms. The van der Waals surface area contributed by atoms with Crippen molar-refractivity contribution in [1.82, 2.24) is 10.2 Å². The fourth-order valence-corrected chi connectivity index (χ4v) is 5.03. The van der Waals surface area contributed by atoms with Crippen molar-refractivity contribution in [3.05, 3.63) is 64.7 Å². The van der Waals surface area contributed by atoms with E-state index in [4.69, 9.17) is 4.74 Å². The number of para-hydroxylation sites is 1. The first-order chi connectivity index (χ1) is 18.6. The van der Waals surface area contributed by atoms with E-state index in [2.05, 4.69) is 10.6 Å². The molecule has 0 saturated carbocycles. The van der Waals surface area contributed by atoms with Crippen LogP contribution in [0.4, 0.5) is 10.5 Å². The van der Waals surface area contributed by atoms with Crippen LogP contribution in [0.25, 0.3) is 0 Å². The second-order valence-corrected chi connectivity index (χ2v) is 13.0. The lowest BCUT2D eigenvalue weighted by Crippen LogP contribution is -2.59. The van der Waals surface area contributed by atoms with E-state index < -0.39 is 29.3 Å². The number of thioether (sulfide) groups is 1. The largest absolute Gasteiger partial charge is 0.444 e. The number of hydrogen-bond donors (Lipinski definition) is 2. The molecule has 2 aromatic rings. The number of nitrogens with zero attached hydrogens (tertiary/aromatic N) is 1. The normalized spacial score (nSPS) is 13.2. The van der Waals surface area contributed by atoms with Crippen molar-refractivity contribution in [2.24, 2.45) is 0 Å². The summed E-state index contributed by atoms with van der Waals surface area (Å²) < 4.78 is 5.50. The lowest BCUT2D eigenvalue weighted by molar-refractivity contribution is -0.147. The van der Waals surface area contributed by atoms with E-state index in [9.17, 15) is 14.4 Å². The number of carbonyl (C=O) groups excluding carboxylic acids is 3. The van der Waals surface area contributed by atoms with Crippen molar-refractivity contribution in [2.75, 3.05) is 17.3 Å². The van der Waals surface area contributed by atoms with Gasteiger partial charge in [-0.05, 0) is 97.4 Å². The number of aryl methyl sites for hydroxylation is 3. The highest BCUT2D eigenvalue weighted by Crippen LogP contribution is 2.34. The van der Waals surface area contributed by atoms with Crippen LogP contribution in [0.3, 0.4) is 0 Å². The number of anilines is 1. The van der Waals surface area contributed by atoms with Crippen LogP contribution in [-0.2, 0) is 14.3 Å². The van der Waals surface area contributed by atoms with E-state index in [1.165, 1.54) is 0 Å². The summed E-state index contributed by atoms with van der Waals surface area (Å²) in [4.78, 5) is 43.2. The van der Waals surface area contributed by atoms with Gasteiger partial charge in [0.05, 0.1) is 0 Å². The molecule has 0 aromatic heterocycles. The summed E-state index contributed by atoms with van der Waals surface area (Å²) in [6.45, 7) is 17.2. The SMILES string of the molecule is CCC(C)(C)N(C(=O)C(CCSC)NC(=O)OC(C)(C)C)C(C(=O)Nc1ccccc1C)c1cc(C)cc(C)c1. The molecule has 0 saturated heterocycles. The molecule has 0 fully saturated rings. The number of amides is 3. The maximum atomic E-state index is 14.5. The quantitative estimate of drug-likeness (QED) is 0.306. The van der Waals surface area contributed by atoms with Crippen LogP contribution in [-0.4, -0.2) is 52.0 Å². The van der Waals surface area contributed by atoms with Gasteiger partial charge in [0.2, 0.25) is 5.91 Å². The molecule has 8 heteroatoms. The summed E-state index contributed by atoms with van der Waals surface area (Å²) in [5.74, 6) is 0.0156. The number of ether oxygens (including phenoxy) is 1. The minimum atomic E-state index is -0.933. The molecule has 0 aliphatic carbocycles. The fraction of sp³-hybridized carbons (Fsp3) is 0.531. The molecule has 0 heterocycles. The third-order valence-electron chi connectivity index (χ3n) is 6.82. The van der Waals surface area contributed by atoms with Crippen LogP contribution in [0.5, 0.6) is 0 Å². The predicted octanol–water partition coefficient (Wildman–Crippen LogP) is 6.96. The van der Waals surface area contributed by atoms with Crippen molar-refractivity contribution in [3.63, 3.8) is 0 Å². The van der Waals surface area contributed by atoms with Crippen LogP contribution >= 0.6 is 11.8 Å². The fourth-order valence-electron chi connectivity index (χ4n) is 4.56. The molecule has 7 nitrogen and oxygen atoms in total. The molecule has 0 aliphatic rings. The van der Waals surface area contributed by atoms with E-state index in [1.807, 2.05) is 90.3 Å². The molecule has 0 aliphatic heterocycles. The topological polar surface area (TPSA) is 87.7 Å². The predicted molar refractivity (Wildman–Crippen MR) is 166 cm³/mol. The summed E-state index contributed by atoms with van der Waals surface area (Å²) >= 11 is 1.59. The highest BCUT2D eigenvalue weighted by molar-refractivity contribution is 7.98. The Morgan fingerprint density at radius 1 is 0.975 bits per heavy atom. The first-order valence-electron chi connectivity index (χ1n) is 13.9. The Morgan fingerprint density at radius 2 is 1.57 bits per heavy atom. The highest BCUT2D eigenvalue weighted by atomic mass is 32.2. The summed E-state index contributed by atoms with van der Waals surface area (Å²) in [7, 11) is 0. The summed E-state index contributed by atoms with van der Waals surface area (Å²) in [5.41, 5.74) is 2.90. The lowest BCUT2D eigenvalue weighted by atomic mass is 9.90. The van der Waals surface area contributed by atoms with Crippen molar-refractivity contribution in [1.29, 1.82) is 0 Å². The summed E-state index contributed by atoms with van der Waals surface area (Å²) in [6.07, 6.45) is 2.29. The molecule has 2 atom stereocenters. The van der Waals surface area contributed by atoms with Crippen molar-refractivity contribution >= 4 is 35.4 Å². The zero-order chi connectivity index (χ0) is 30.3. The molecular formula is C32H47N3O4S. The Labute approximate surface area is 244 Å². The maximum absolute atomic E-state index is 14.5. The Kier molecular flexibility index (Phi) is 11.7. The molecule has 40 heavy (non-hydrogen) atoms. The lowest BCUT2D eigenvalue weighted by Gasteiger charge is -2.44. The van der Waals surface area contributed by atoms with Crippen LogP contribution < -0.4 is 10.6 Å². The number of hydrogen-bond acceptors (Lipinski definition) is 5. The second kappa shape index (κ2) is 14.1. The zero-order valence-electron chi connectivity index (χ0n) is 25.8. The van der Waals surface area contributed by atoms with E-state index in [0.717, 1.165) is 22.3 Å². The Hall–Kier alpha value is -3.00. The van der Waals surface area contributed by atoms with Crippen LogP contribution in [0.1, 0.15) is 82.7 Å². The maximum Gasteiger partial charge on any atom is 0.408 e. The third kappa shape index (κ3) is 9.29. The van der Waals surface area contributed by atoms with Crippen LogP contribution in [0.15, 0.2) is 42.5 Å². The molecule has 2 rings (SSSR count). The Balaban J connectivity index is 2.68. The van der Waals surface area contributed by atoms with Gasteiger partial charge in [0.15, 0.2) is 0 Å². The molecule has 220 valence electrons. The minimum absolute atomic E-state index is 0.310. The molecular weight excluding hydrogens is 522 g/mol. The van der Waals surface area contributed by atoms with Gasteiger partial charge >= 0.3 is 6.09 Å². The van der Waals surface area contributed by atoms with Crippen LogP contribution in [0, 0.1) is 20.8 Å². The first kappa shape index (κ1) is 33.2. The molecule has 3 amide bonds. The van der Waals surface area contributed by atoms with Crippen LogP contribution in [0.2, 0.25) is 0 Å². The summed E-state index contributed by atoms with van der Waals surface area (Å²) in [6, 6.07) is 11.7. The van der Waals surface area contributed by atoms with E-state index in [0.29, 0.717) is 24.3 Å².